The van der Waals surface area contributed by atoms with Crippen molar-refractivity contribution < 1.29 is 0 Å². The molecule has 0 saturated carbocycles. The van der Waals surface area contributed by atoms with Crippen molar-refractivity contribution >= 4 is 15.9 Å². The lowest BCUT2D eigenvalue weighted by atomic mass is 9.98. The Kier molecular flexibility index (Phi) is 3.53. The first kappa shape index (κ1) is 10.8. The summed E-state index contributed by atoms with van der Waals surface area (Å²) in [7, 11) is 0. The maximum absolute atomic E-state index is 11.7. The summed E-state index contributed by atoms with van der Waals surface area (Å²) in [4.78, 5) is 15.7. The second-order valence-corrected chi connectivity index (χ2v) is 4.75. The second-order valence-electron chi connectivity index (χ2n) is 3.89. The fourth-order valence-electron chi connectivity index (χ4n) is 1.90. The van der Waals surface area contributed by atoms with Gasteiger partial charge in [0, 0.05) is 12.7 Å². The Morgan fingerprint density at radius 3 is 3.00 bits per heavy atom. The molecule has 0 atom stereocenters. The van der Waals surface area contributed by atoms with Gasteiger partial charge in [0.1, 0.15) is 4.47 Å². The summed E-state index contributed by atoms with van der Waals surface area (Å²) in [5, 5.41) is 3.31. The average Bonchev–Trinajstić information content (AvgIpc) is 2.26. The van der Waals surface area contributed by atoms with Gasteiger partial charge in [-0.05, 0) is 47.8 Å². The highest BCUT2D eigenvalue weighted by Gasteiger charge is 2.14. The topological polar surface area (TPSA) is 46.9 Å². The number of hydrogen-bond donors (Lipinski definition) is 1. The standard InChI is InChI=1S/C10H14BrN3O/c11-9-5-13-7-14(10(9)15)6-8-1-3-12-4-2-8/h5,7-8,12H,1-4,6H2. The molecule has 15 heavy (non-hydrogen) atoms. The largest absolute Gasteiger partial charge is 0.317 e. The molecule has 0 aliphatic carbocycles. The number of hydrogen-bond acceptors (Lipinski definition) is 3. The van der Waals surface area contributed by atoms with Gasteiger partial charge in [-0.25, -0.2) is 4.98 Å². The first-order valence-corrected chi connectivity index (χ1v) is 5.97. The monoisotopic (exact) mass is 271 g/mol. The molecule has 1 aliphatic rings. The van der Waals surface area contributed by atoms with Crippen molar-refractivity contribution in [2.75, 3.05) is 13.1 Å². The van der Waals surface area contributed by atoms with Gasteiger partial charge in [0.15, 0.2) is 0 Å². The lowest BCUT2D eigenvalue weighted by Gasteiger charge is -2.22. The quantitative estimate of drug-likeness (QED) is 0.874. The van der Waals surface area contributed by atoms with E-state index >= 15 is 0 Å². The molecule has 2 heterocycles. The van der Waals surface area contributed by atoms with E-state index < -0.39 is 0 Å². The molecule has 2 rings (SSSR count). The summed E-state index contributed by atoms with van der Waals surface area (Å²) in [6, 6.07) is 0. The molecule has 82 valence electrons. The molecule has 0 spiro atoms. The summed E-state index contributed by atoms with van der Waals surface area (Å²) in [5.74, 6) is 0.597. The van der Waals surface area contributed by atoms with Crippen LogP contribution in [-0.4, -0.2) is 22.6 Å². The lowest BCUT2D eigenvalue weighted by molar-refractivity contribution is 0.328. The average molecular weight is 272 g/mol. The van der Waals surface area contributed by atoms with E-state index in [9.17, 15) is 4.79 Å². The lowest BCUT2D eigenvalue weighted by Crippen LogP contribution is -2.32. The zero-order valence-electron chi connectivity index (χ0n) is 8.45. The fourth-order valence-corrected chi connectivity index (χ4v) is 2.24. The zero-order valence-corrected chi connectivity index (χ0v) is 10.0. The van der Waals surface area contributed by atoms with Crippen LogP contribution in [0.5, 0.6) is 0 Å². The molecular formula is C10H14BrN3O. The van der Waals surface area contributed by atoms with E-state index in [0.717, 1.165) is 32.5 Å². The third-order valence-electron chi connectivity index (χ3n) is 2.77. The van der Waals surface area contributed by atoms with Crippen LogP contribution in [0, 0.1) is 5.92 Å². The maximum atomic E-state index is 11.7. The SMILES string of the molecule is O=c1c(Br)cncn1CC1CCNCC1. The van der Waals surface area contributed by atoms with Gasteiger partial charge in [-0.15, -0.1) is 0 Å². The van der Waals surface area contributed by atoms with Crippen LogP contribution >= 0.6 is 15.9 Å². The molecule has 0 unspecified atom stereocenters. The molecule has 4 nitrogen and oxygen atoms in total. The minimum absolute atomic E-state index is 0.0172. The molecule has 1 aromatic heterocycles. The highest BCUT2D eigenvalue weighted by Crippen LogP contribution is 2.13. The third kappa shape index (κ3) is 2.66. The molecule has 1 saturated heterocycles. The van der Waals surface area contributed by atoms with Crippen LogP contribution in [0.3, 0.4) is 0 Å². The van der Waals surface area contributed by atoms with Crippen molar-refractivity contribution in [3.05, 3.63) is 27.4 Å². The predicted molar refractivity (Wildman–Crippen MR) is 61.8 cm³/mol. The maximum Gasteiger partial charge on any atom is 0.267 e. The molecule has 5 heteroatoms. The first-order chi connectivity index (χ1) is 7.27. The summed E-state index contributed by atoms with van der Waals surface area (Å²) < 4.78 is 2.24. The van der Waals surface area contributed by atoms with E-state index in [1.54, 1.807) is 17.1 Å². The van der Waals surface area contributed by atoms with Gasteiger partial charge in [-0.3, -0.25) is 9.36 Å². The highest BCUT2D eigenvalue weighted by atomic mass is 79.9. The summed E-state index contributed by atoms with van der Waals surface area (Å²) in [5.41, 5.74) is 0.0172. The molecule has 1 N–H and O–H groups in total. The van der Waals surface area contributed by atoms with E-state index in [-0.39, 0.29) is 5.56 Å². The summed E-state index contributed by atoms with van der Waals surface area (Å²) in [6.45, 7) is 2.90. The molecular weight excluding hydrogens is 258 g/mol. The minimum Gasteiger partial charge on any atom is -0.317 e. The zero-order chi connectivity index (χ0) is 10.7. The van der Waals surface area contributed by atoms with Crippen LogP contribution in [0.25, 0.3) is 0 Å². The highest BCUT2D eigenvalue weighted by molar-refractivity contribution is 9.10. The number of aromatic nitrogens is 2. The Hall–Kier alpha value is -0.680. The van der Waals surface area contributed by atoms with Crippen molar-refractivity contribution in [1.29, 1.82) is 0 Å². The number of halogens is 1. The molecule has 0 radical (unpaired) electrons. The molecule has 0 aromatic carbocycles. The van der Waals surface area contributed by atoms with Crippen LogP contribution in [0.2, 0.25) is 0 Å². The van der Waals surface area contributed by atoms with Crippen molar-refractivity contribution in [2.24, 2.45) is 5.92 Å². The second kappa shape index (κ2) is 4.90. The van der Waals surface area contributed by atoms with Gasteiger partial charge in [-0.2, -0.15) is 0 Å². The Labute approximate surface area is 96.8 Å². The van der Waals surface area contributed by atoms with Crippen LogP contribution in [-0.2, 0) is 6.54 Å². The van der Waals surface area contributed by atoms with Gasteiger partial charge in [0.2, 0.25) is 0 Å². The van der Waals surface area contributed by atoms with Crippen LogP contribution in [0.4, 0.5) is 0 Å². The van der Waals surface area contributed by atoms with Crippen molar-refractivity contribution in [3.8, 4) is 0 Å². The van der Waals surface area contributed by atoms with Crippen molar-refractivity contribution in [3.63, 3.8) is 0 Å². The van der Waals surface area contributed by atoms with E-state index in [1.807, 2.05) is 0 Å². The van der Waals surface area contributed by atoms with Gasteiger partial charge in [-0.1, -0.05) is 0 Å². The molecule has 0 bridgehead atoms. The van der Waals surface area contributed by atoms with Crippen LogP contribution < -0.4 is 10.9 Å². The fraction of sp³-hybridized carbons (Fsp3) is 0.600. The molecule has 1 aromatic rings. The van der Waals surface area contributed by atoms with Gasteiger partial charge >= 0.3 is 0 Å². The first-order valence-electron chi connectivity index (χ1n) is 5.18. The smallest absolute Gasteiger partial charge is 0.267 e. The Balaban J connectivity index is 2.09. The molecule has 0 amide bonds. The molecule has 1 aliphatic heterocycles. The number of piperidine rings is 1. The van der Waals surface area contributed by atoms with Crippen molar-refractivity contribution in [1.82, 2.24) is 14.9 Å². The Morgan fingerprint density at radius 2 is 2.27 bits per heavy atom. The van der Waals surface area contributed by atoms with Gasteiger partial charge < -0.3 is 5.32 Å². The minimum atomic E-state index is 0.0172. The Bertz CT molecular complexity index is 384. The number of nitrogens with one attached hydrogen (secondary N) is 1. The summed E-state index contributed by atoms with van der Waals surface area (Å²) in [6.07, 6.45) is 5.44. The Morgan fingerprint density at radius 1 is 1.53 bits per heavy atom. The molecule has 1 fully saturated rings. The van der Waals surface area contributed by atoms with E-state index in [0.29, 0.717) is 10.4 Å². The van der Waals surface area contributed by atoms with Crippen LogP contribution in [0.15, 0.2) is 21.8 Å². The van der Waals surface area contributed by atoms with Gasteiger partial charge in [0.05, 0.1) is 6.33 Å². The van der Waals surface area contributed by atoms with E-state index in [4.69, 9.17) is 0 Å². The van der Waals surface area contributed by atoms with Crippen molar-refractivity contribution in [2.45, 2.75) is 19.4 Å². The third-order valence-corrected chi connectivity index (χ3v) is 3.32. The van der Waals surface area contributed by atoms with E-state index in [1.165, 1.54) is 0 Å². The van der Waals surface area contributed by atoms with Gasteiger partial charge in [0.25, 0.3) is 5.56 Å². The summed E-state index contributed by atoms with van der Waals surface area (Å²) >= 11 is 3.20. The van der Waals surface area contributed by atoms with E-state index in [2.05, 4.69) is 26.2 Å². The van der Waals surface area contributed by atoms with Crippen LogP contribution in [0.1, 0.15) is 12.8 Å². The normalized spacial score (nSPS) is 17.9. The number of nitrogens with zero attached hydrogens (tertiary/aromatic N) is 2. The number of rotatable bonds is 2. The predicted octanol–water partition coefficient (Wildman–Crippen LogP) is 1.01.